The third kappa shape index (κ3) is 2.71. The first-order valence-electron chi connectivity index (χ1n) is 5.29. The molecule has 18 heavy (non-hydrogen) atoms. The van der Waals surface area contributed by atoms with Crippen molar-refractivity contribution in [3.63, 3.8) is 0 Å². The van der Waals surface area contributed by atoms with Crippen LogP contribution in [0.4, 0.5) is 4.39 Å². The third-order valence-corrected chi connectivity index (χ3v) is 2.26. The zero-order valence-electron chi connectivity index (χ0n) is 9.94. The van der Waals surface area contributed by atoms with Crippen molar-refractivity contribution in [1.82, 2.24) is 10.1 Å². The van der Waals surface area contributed by atoms with Crippen molar-refractivity contribution in [2.24, 2.45) is 0 Å². The molecule has 2 rings (SSSR count). The summed E-state index contributed by atoms with van der Waals surface area (Å²) in [5.74, 6) is -0.00805. The monoisotopic (exact) mass is 250 g/mol. The van der Waals surface area contributed by atoms with E-state index in [2.05, 4.69) is 10.1 Å². The summed E-state index contributed by atoms with van der Waals surface area (Å²) in [4.78, 5) is 15.0. The molecule has 0 radical (unpaired) electrons. The van der Waals surface area contributed by atoms with E-state index in [0.717, 1.165) is 6.07 Å². The maximum Gasteiger partial charge on any atom is 0.264 e. The Hall–Kier alpha value is -2.24. The second kappa shape index (κ2) is 4.95. The number of carbonyl (C=O) groups is 1. The lowest BCUT2D eigenvalue weighted by Gasteiger charge is -2.05. The Morgan fingerprint density at radius 1 is 1.50 bits per heavy atom. The molecule has 0 saturated carbocycles. The maximum absolute atomic E-state index is 13.6. The van der Waals surface area contributed by atoms with Gasteiger partial charge in [0.15, 0.2) is 29.8 Å². The molecule has 1 heterocycles. The lowest BCUT2D eigenvalue weighted by atomic mass is 10.1. The highest BCUT2D eigenvalue weighted by atomic mass is 19.1. The first kappa shape index (κ1) is 12.2. The van der Waals surface area contributed by atoms with Crippen molar-refractivity contribution in [2.75, 3.05) is 0 Å². The number of aryl methyl sites for hydroxylation is 1. The summed E-state index contributed by atoms with van der Waals surface area (Å²) in [5.41, 5.74) is 0.300. The molecule has 0 fully saturated rings. The molecule has 5 nitrogen and oxygen atoms in total. The van der Waals surface area contributed by atoms with Gasteiger partial charge in [-0.25, -0.2) is 4.39 Å². The minimum Gasteiger partial charge on any atom is -0.481 e. The van der Waals surface area contributed by atoms with Gasteiger partial charge < -0.3 is 9.26 Å². The van der Waals surface area contributed by atoms with E-state index in [4.69, 9.17) is 9.26 Å². The molecule has 0 atom stereocenters. The van der Waals surface area contributed by atoms with E-state index in [-0.39, 0.29) is 24.0 Å². The van der Waals surface area contributed by atoms with E-state index in [1.165, 1.54) is 19.1 Å². The number of ether oxygens (including phenoxy) is 1. The van der Waals surface area contributed by atoms with E-state index in [1.807, 2.05) is 0 Å². The topological polar surface area (TPSA) is 65.2 Å². The van der Waals surface area contributed by atoms with E-state index in [9.17, 15) is 9.18 Å². The molecule has 1 aromatic heterocycles. The molecule has 1 aromatic carbocycles. The fourth-order valence-corrected chi connectivity index (χ4v) is 1.38. The number of nitrogens with zero attached hydrogens (tertiary/aromatic N) is 2. The number of ketones is 1. The standard InChI is InChI=1S/C12H11FN2O3/c1-7(16)9-3-4-11(10(13)5-9)17-6-12-14-8(2)15-18-12/h3-5H,6H2,1-2H3. The van der Waals surface area contributed by atoms with Crippen LogP contribution in [0.1, 0.15) is 29.0 Å². The van der Waals surface area contributed by atoms with Crippen molar-refractivity contribution in [2.45, 2.75) is 20.5 Å². The quantitative estimate of drug-likeness (QED) is 0.779. The Morgan fingerprint density at radius 3 is 2.83 bits per heavy atom. The third-order valence-electron chi connectivity index (χ3n) is 2.26. The van der Waals surface area contributed by atoms with Crippen LogP contribution in [0, 0.1) is 12.7 Å². The van der Waals surface area contributed by atoms with Gasteiger partial charge in [0.05, 0.1) is 0 Å². The van der Waals surface area contributed by atoms with E-state index >= 15 is 0 Å². The summed E-state index contributed by atoms with van der Waals surface area (Å²) < 4.78 is 23.6. The summed E-state index contributed by atoms with van der Waals surface area (Å²) in [5, 5.41) is 3.58. The second-order valence-electron chi connectivity index (χ2n) is 3.73. The average molecular weight is 250 g/mol. The first-order valence-corrected chi connectivity index (χ1v) is 5.29. The van der Waals surface area contributed by atoms with Crippen LogP contribution in [0.3, 0.4) is 0 Å². The fraction of sp³-hybridized carbons (Fsp3) is 0.250. The predicted octanol–water partition coefficient (Wildman–Crippen LogP) is 2.30. The highest BCUT2D eigenvalue weighted by molar-refractivity contribution is 5.94. The van der Waals surface area contributed by atoms with Gasteiger partial charge in [-0.3, -0.25) is 4.79 Å². The molecule has 0 unspecified atom stereocenters. The maximum atomic E-state index is 13.6. The van der Waals surface area contributed by atoms with Crippen molar-refractivity contribution in [3.8, 4) is 5.75 Å². The van der Waals surface area contributed by atoms with Gasteiger partial charge in [-0.15, -0.1) is 0 Å². The van der Waals surface area contributed by atoms with Crippen LogP contribution in [0.15, 0.2) is 22.7 Å². The summed E-state index contributed by atoms with van der Waals surface area (Å²) in [6, 6.07) is 4.03. The molecule has 0 saturated heterocycles. The number of hydrogen-bond acceptors (Lipinski definition) is 5. The van der Waals surface area contributed by atoms with Gasteiger partial charge in [0.1, 0.15) is 0 Å². The van der Waals surface area contributed by atoms with Gasteiger partial charge in [-0.2, -0.15) is 4.98 Å². The number of Topliss-reactive ketones (excluding diaryl/α,β-unsaturated/α-hetero) is 1. The highest BCUT2D eigenvalue weighted by Crippen LogP contribution is 2.19. The zero-order chi connectivity index (χ0) is 13.1. The van der Waals surface area contributed by atoms with Gasteiger partial charge in [0.2, 0.25) is 0 Å². The minimum atomic E-state index is -0.598. The predicted molar refractivity (Wildman–Crippen MR) is 59.8 cm³/mol. The molecule has 94 valence electrons. The van der Waals surface area contributed by atoms with Crippen molar-refractivity contribution in [1.29, 1.82) is 0 Å². The number of rotatable bonds is 4. The summed E-state index contributed by atoms with van der Waals surface area (Å²) >= 11 is 0. The van der Waals surface area contributed by atoms with Gasteiger partial charge >= 0.3 is 0 Å². The van der Waals surface area contributed by atoms with E-state index in [0.29, 0.717) is 11.4 Å². The lowest BCUT2D eigenvalue weighted by Crippen LogP contribution is -2.00. The fourth-order valence-electron chi connectivity index (χ4n) is 1.38. The Balaban J connectivity index is 2.08. The smallest absolute Gasteiger partial charge is 0.264 e. The Bertz CT molecular complexity index is 580. The zero-order valence-corrected chi connectivity index (χ0v) is 9.94. The Morgan fingerprint density at radius 2 is 2.28 bits per heavy atom. The Kier molecular flexibility index (Phi) is 3.36. The summed E-state index contributed by atoms with van der Waals surface area (Å²) in [6.07, 6.45) is 0. The number of halogens is 1. The molecular weight excluding hydrogens is 239 g/mol. The molecule has 0 bridgehead atoms. The first-order chi connectivity index (χ1) is 8.56. The van der Waals surface area contributed by atoms with Crippen LogP contribution < -0.4 is 4.74 Å². The number of hydrogen-bond donors (Lipinski definition) is 0. The van der Waals surface area contributed by atoms with Gasteiger partial charge in [-0.1, -0.05) is 5.16 Å². The number of benzene rings is 1. The SMILES string of the molecule is CC(=O)c1ccc(OCc2nc(C)no2)c(F)c1. The summed E-state index contributed by atoms with van der Waals surface area (Å²) in [7, 11) is 0. The van der Waals surface area contributed by atoms with Crippen LogP contribution >= 0.6 is 0 Å². The van der Waals surface area contributed by atoms with Gasteiger partial charge in [-0.05, 0) is 32.0 Å². The molecular formula is C12H11FN2O3. The Labute approximate surface area is 103 Å². The molecule has 0 amide bonds. The second-order valence-corrected chi connectivity index (χ2v) is 3.73. The van der Waals surface area contributed by atoms with E-state index in [1.54, 1.807) is 6.92 Å². The minimum absolute atomic E-state index is 0.0167. The normalized spacial score (nSPS) is 10.4. The molecule has 0 spiro atoms. The molecule has 2 aromatic rings. The van der Waals surface area contributed by atoms with Gasteiger partial charge in [0.25, 0.3) is 5.89 Å². The van der Waals surface area contributed by atoms with Crippen LogP contribution in [0.2, 0.25) is 0 Å². The molecule has 0 N–H and O–H groups in total. The molecule has 6 heteroatoms. The van der Waals surface area contributed by atoms with Gasteiger partial charge in [0, 0.05) is 5.56 Å². The number of aromatic nitrogens is 2. The van der Waals surface area contributed by atoms with E-state index < -0.39 is 5.82 Å². The lowest BCUT2D eigenvalue weighted by molar-refractivity contribution is 0.101. The van der Waals surface area contributed by atoms with Crippen molar-refractivity contribution >= 4 is 5.78 Å². The van der Waals surface area contributed by atoms with Crippen LogP contribution in [0.5, 0.6) is 5.75 Å². The summed E-state index contributed by atoms with van der Waals surface area (Å²) in [6.45, 7) is 3.03. The van der Waals surface area contributed by atoms with Crippen LogP contribution in [-0.4, -0.2) is 15.9 Å². The highest BCUT2D eigenvalue weighted by Gasteiger charge is 2.09. The van der Waals surface area contributed by atoms with Crippen molar-refractivity contribution < 1.29 is 18.4 Å². The average Bonchev–Trinajstić information content (AvgIpc) is 2.73. The van der Waals surface area contributed by atoms with Crippen LogP contribution in [-0.2, 0) is 6.61 Å². The molecule has 0 aliphatic heterocycles. The molecule has 0 aliphatic carbocycles. The largest absolute Gasteiger partial charge is 0.481 e. The van der Waals surface area contributed by atoms with Crippen LogP contribution in [0.25, 0.3) is 0 Å². The van der Waals surface area contributed by atoms with Crippen molar-refractivity contribution in [3.05, 3.63) is 41.3 Å². The molecule has 0 aliphatic rings. The number of carbonyl (C=O) groups excluding carboxylic acids is 1.